The predicted octanol–water partition coefficient (Wildman–Crippen LogP) is 6.28. The Kier molecular flexibility index (Phi) is 5.73. The number of hydrogen-bond acceptors (Lipinski definition) is 6. The SMILES string of the molecule is N#Cc1c(SCC(=O)Nc2ccc(Cl)cc2)nc2c(c1-c1cccs1)-c1ccccc1C2=O. The third-order valence-corrected chi connectivity index (χ3v) is 7.28. The summed E-state index contributed by atoms with van der Waals surface area (Å²) in [4.78, 5) is 31.1. The van der Waals surface area contributed by atoms with E-state index in [1.807, 2.05) is 35.7 Å². The molecular weight excluding hydrogens is 474 g/mol. The second-order valence-corrected chi connectivity index (χ2v) is 9.55. The molecule has 0 spiro atoms. The number of thiophene rings is 1. The van der Waals surface area contributed by atoms with Crippen LogP contribution in [0.3, 0.4) is 0 Å². The van der Waals surface area contributed by atoms with E-state index in [0.29, 0.717) is 43.7 Å². The normalized spacial score (nSPS) is 11.6. The van der Waals surface area contributed by atoms with Gasteiger partial charge >= 0.3 is 0 Å². The van der Waals surface area contributed by atoms with Crippen molar-refractivity contribution in [2.75, 3.05) is 11.1 Å². The minimum Gasteiger partial charge on any atom is -0.325 e. The second-order valence-electron chi connectivity index (χ2n) is 7.20. The highest BCUT2D eigenvalue weighted by Gasteiger charge is 2.34. The Bertz CT molecular complexity index is 1440. The molecule has 1 amide bonds. The zero-order chi connectivity index (χ0) is 22.9. The van der Waals surface area contributed by atoms with E-state index in [-0.39, 0.29) is 17.4 Å². The number of aromatic nitrogens is 1. The monoisotopic (exact) mass is 487 g/mol. The molecule has 4 aromatic rings. The molecule has 8 heteroatoms. The number of nitrogens with one attached hydrogen (secondary N) is 1. The Labute approximate surface area is 203 Å². The molecule has 1 aliphatic rings. The van der Waals surface area contributed by atoms with Crippen LogP contribution in [0.25, 0.3) is 21.6 Å². The Morgan fingerprint density at radius 1 is 1.06 bits per heavy atom. The number of carbonyl (C=O) groups is 2. The molecule has 2 heterocycles. The summed E-state index contributed by atoms with van der Waals surface area (Å²) in [5.74, 6) is -0.384. The smallest absolute Gasteiger partial charge is 0.234 e. The molecule has 0 saturated heterocycles. The van der Waals surface area contributed by atoms with Crippen LogP contribution in [0.5, 0.6) is 0 Å². The predicted molar refractivity (Wildman–Crippen MR) is 132 cm³/mol. The highest BCUT2D eigenvalue weighted by Crippen LogP contribution is 2.46. The van der Waals surface area contributed by atoms with Gasteiger partial charge in [-0.05, 0) is 41.3 Å². The van der Waals surface area contributed by atoms with E-state index < -0.39 is 0 Å². The Balaban J connectivity index is 1.54. The van der Waals surface area contributed by atoms with Crippen molar-refractivity contribution < 1.29 is 9.59 Å². The van der Waals surface area contributed by atoms with Gasteiger partial charge in [0.05, 0.1) is 11.3 Å². The Morgan fingerprint density at radius 2 is 1.82 bits per heavy atom. The summed E-state index contributed by atoms with van der Waals surface area (Å²) in [5, 5.41) is 15.7. The molecule has 0 bridgehead atoms. The maximum atomic E-state index is 13.1. The highest BCUT2D eigenvalue weighted by atomic mass is 35.5. The largest absolute Gasteiger partial charge is 0.325 e. The Hall–Kier alpha value is -3.44. The van der Waals surface area contributed by atoms with Crippen molar-refractivity contribution in [1.82, 2.24) is 4.98 Å². The fourth-order valence-corrected chi connectivity index (χ4v) is 5.45. The van der Waals surface area contributed by atoms with Crippen LogP contribution in [0.15, 0.2) is 71.1 Å². The van der Waals surface area contributed by atoms with E-state index in [1.165, 1.54) is 11.3 Å². The number of hydrogen-bond donors (Lipinski definition) is 1. The van der Waals surface area contributed by atoms with Crippen LogP contribution in [0.2, 0.25) is 5.02 Å². The number of pyridine rings is 1. The number of rotatable bonds is 5. The summed E-state index contributed by atoms with van der Waals surface area (Å²) >= 11 is 8.52. The summed E-state index contributed by atoms with van der Waals surface area (Å²) < 4.78 is 0. The van der Waals surface area contributed by atoms with Crippen LogP contribution in [-0.2, 0) is 4.79 Å². The first-order valence-electron chi connectivity index (χ1n) is 9.91. The number of fused-ring (bicyclic) bond motifs is 3. The summed E-state index contributed by atoms with van der Waals surface area (Å²) in [6, 6.07) is 20.3. The van der Waals surface area contributed by atoms with Gasteiger partial charge in [0, 0.05) is 32.3 Å². The van der Waals surface area contributed by atoms with Crippen LogP contribution >= 0.6 is 34.7 Å². The lowest BCUT2D eigenvalue weighted by Crippen LogP contribution is -2.14. The van der Waals surface area contributed by atoms with Gasteiger partial charge in [-0.3, -0.25) is 9.59 Å². The minimum absolute atomic E-state index is 0.0358. The average Bonchev–Trinajstić information content (AvgIpc) is 3.46. The second kappa shape index (κ2) is 8.83. The molecule has 0 aliphatic heterocycles. The van der Waals surface area contributed by atoms with Crippen molar-refractivity contribution >= 4 is 52.1 Å². The third kappa shape index (κ3) is 3.93. The van der Waals surface area contributed by atoms with Gasteiger partial charge in [-0.1, -0.05) is 53.7 Å². The Morgan fingerprint density at radius 3 is 2.52 bits per heavy atom. The molecule has 0 fully saturated rings. The van der Waals surface area contributed by atoms with Crippen LogP contribution in [0, 0.1) is 11.3 Å². The molecule has 160 valence electrons. The lowest BCUT2D eigenvalue weighted by atomic mass is 9.97. The average molecular weight is 488 g/mol. The van der Waals surface area contributed by atoms with Crippen LogP contribution in [0.1, 0.15) is 21.6 Å². The molecule has 2 aromatic carbocycles. The van der Waals surface area contributed by atoms with Crippen LogP contribution in [0.4, 0.5) is 5.69 Å². The molecule has 2 aromatic heterocycles. The van der Waals surface area contributed by atoms with Crippen molar-refractivity contribution in [3.8, 4) is 27.6 Å². The lowest BCUT2D eigenvalue weighted by molar-refractivity contribution is -0.113. The number of nitrogens with zero attached hydrogens (tertiary/aromatic N) is 2. The molecular formula is C25H14ClN3O2S2. The molecule has 0 unspecified atom stereocenters. The van der Waals surface area contributed by atoms with E-state index in [9.17, 15) is 14.9 Å². The maximum absolute atomic E-state index is 13.1. The molecule has 0 saturated carbocycles. The van der Waals surface area contributed by atoms with Gasteiger partial charge < -0.3 is 5.32 Å². The maximum Gasteiger partial charge on any atom is 0.234 e. The summed E-state index contributed by atoms with van der Waals surface area (Å²) in [7, 11) is 0. The first-order chi connectivity index (χ1) is 16.1. The van der Waals surface area contributed by atoms with Crippen molar-refractivity contribution in [2.45, 2.75) is 5.03 Å². The minimum atomic E-state index is -0.249. The fraction of sp³-hybridized carbons (Fsp3) is 0.0400. The molecule has 33 heavy (non-hydrogen) atoms. The van der Waals surface area contributed by atoms with Gasteiger partial charge in [0.25, 0.3) is 0 Å². The molecule has 5 rings (SSSR count). The molecule has 0 atom stereocenters. The zero-order valence-corrected chi connectivity index (χ0v) is 19.4. The highest BCUT2D eigenvalue weighted by molar-refractivity contribution is 8.00. The van der Waals surface area contributed by atoms with E-state index >= 15 is 0 Å². The van der Waals surface area contributed by atoms with Crippen molar-refractivity contribution in [2.24, 2.45) is 0 Å². The third-order valence-electron chi connectivity index (χ3n) is 5.17. The number of thioether (sulfide) groups is 1. The topological polar surface area (TPSA) is 82.8 Å². The summed E-state index contributed by atoms with van der Waals surface area (Å²) in [5.41, 5.74) is 4.04. The van der Waals surface area contributed by atoms with Crippen LogP contribution < -0.4 is 5.32 Å². The number of amides is 1. The zero-order valence-electron chi connectivity index (χ0n) is 17.0. The van der Waals surface area contributed by atoms with Crippen molar-refractivity contribution in [3.05, 3.63) is 87.9 Å². The fourth-order valence-electron chi connectivity index (χ4n) is 3.76. The summed E-state index contributed by atoms with van der Waals surface area (Å²) in [6.45, 7) is 0. The standard InChI is InChI=1S/C25H14ClN3O2S2/c26-14-7-9-15(10-8-14)28-20(30)13-33-25-18(12-27)21(19-6-3-11-32-19)22-16-4-1-2-5-17(16)24(31)23(22)29-25/h1-11H,13H2,(H,28,30). The summed E-state index contributed by atoms with van der Waals surface area (Å²) in [6.07, 6.45) is 0. The number of carbonyl (C=O) groups excluding carboxylic acids is 2. The van der Waals surface area contributed by atoms with E-state index in [0.717, 1.165) is 22.2 Å². The molecule has 1 aliphatic carbocycles. The van der Waals surface area contributed by atoms with E-state index in [1.54, 1.807) is 30.3 Å². The van der Waals surface area contributed by atoms with Crippen molar-refractivity contribution in [1.29, 1.82) is 5.26 Å². The van der Waals surface area contributed by atoms with Gasteiger partial charge in [0.2, 0.25) is 11.7 Å². The first-order valence-corrected chi connectivity index (χ1v) is 12.2. The van der Waals surface area contributed by atoms with Gasteiger partial charge in [0.1, 0.15) is 16.8 Å². The van der Waals surface area contributed by atoms with Gasteiger partial charge in [-0.25, -0.2) is 4.98 Å². The number of anilines is 1. The number of nitriles is 1. The molecule has 5 nitrogen and oxygen atoms in total. The quantitative estimate of drug-likeness (QED) is 0.295. The first kappa shape index (κ1) is 21.4. The number of ketones is 1. The van der Waals surface area contributed by atoms with Gasteiger partial charge in [-0.2, -0.15) is 5.26 Å². The lowest BCUT2D eigenvalue weighted by Gasteiger charge is -2.13. The molecule has 1 N–H and O–H groups in total. The van der Waals surface area contributed by atoms with E-state index in [2.05, 4.69) is 16.4 Å². The van der Waals surface area contributed by atoms with Crippen molar-refractivity contribution in [3.63, 3.8) is 0 Å². The van der Waals surface area contributed by atoms with Gasteiger partial charge in [0.15, 0.2) is 0 Å². The molecule has 0 radical (unpaired) electrons. The number of halogens is 1. The van der Waals surface area contributed by atoms with Crippen LogP contribution in [-0.4, -0.2) is 22.4 Å². The van der Waals surface area contributed by atoms with E-state index in [4.69, 9.17) is 11.6 Å². The van der Waals surface area contributed by atoms with Gasteiger partial charge in [-0.15, -0.1) is 11.3 Å². The number of benzene rings is 2.